The van der Waals surface area contributed by atoms with Crippen molar-refractivity contribution in [2.45, 2.75) is 18.0 Å². The molecular weight excluding hydrogens is 396 g/mol. The lowest BCUT2D eigenvalue weighted by Crippen LogP contribution is -2.23. The topological polar surface area (TPSA) is 66.5 Å². The molecule has 0 heterocycles. The first-order chi connectivity index (χ1) is 14.2. The van der Waals surface area contributed by atoms with Crippen LogP contribution in [0.25, 0.3) is 11.1 Å². The van der Waals surface area contributed by atoms with Crippen LogP contribution in [0.2, 0.25) is 0 Å². The summed E-state index contributed by atoms with van der Waals surface area (Å²) in [5.74, 6) is -0.244. The highest BCUT2D eigenvalue weighted by molar-refractivity contribution is 7.90. The number of carbonyl (C=O) groups excluding carboxylic acids is 1. The van der Waals surface area contributed by atoms with Crippen molar-refractivity contribution in [1.29, 1.82) is 0 Å². The number of rotatable bonds is 7. The van der Waals surface area contributed by atoms with Gasteiger partial charge in [0, 0.05) is 24.9 Å². The van der Waals surface area contributed by atoms with Crippen molar-refractivity contribution in [3.8, 4) is 11.1 Å². The monoisotopic (exact) mass is 422 g/mol. The Morgan fingerprint density at radius 3 is 2.13 bits per heavy atom. The molecule has 0 unspecified atom stereocenters. The van der Waals surface area contributed by atoms with Crippen LogP contribution in [-0.4, -0.2) is 39.6 Å². The van der Waals surface area contributed by atoms with Gasteiger partial charge in [0.2, 0.25) is 0 Å². The molecule has 5 nitrogen and oxygen atoms in total. The third-order valence-electron chi connectivity index (χ3n) is 4.77. The van der Waals surface area contributed by atoms with Gasteiger partial charge in [0.05, 0.1) is 4.90 Å². The average molecular weight is 423 g/mol. The Hall–Kier alpha value is -2.96. The lowest BCUT2D eigenvalue weighted by molar-refractivity contribution is 0.0951. The Bertz CT molecular complexity index is 1120. The molecule has 0 saturated carbocycles. The number of hydrogen-bond acceptors (Lipinski definition) is 4. The molecule has 3 rings (SSSR count). The van der Waals surface area contributed by atoms with Crippen LogP contribution in [0.15, 0.2) is 77.7 Å². The number of carbonyl (C=O) groups is 1. The van der Waals surface area contributed by atoms with Crippen molar-refractivity contribution in [1.82, 2.24) is 10.2 Å². The molecule has 0 aromatic heterocycles. The summed E-state index contributed by atoms with van der Waals surface area (Å²) in [6.45, 7) is 1.26. The van der Waals surface area contributed by atoms with Crippen LogP contribution in [-0.2, 0) is 22.9 Å². The summed E-state index contributed by atoms with van der Waals surface area (Å²) in [5.41, 5.74) is 4.85. The molecule has 0 spiro atoms. The van der Waals surface area contributed by atoms with Crippen LogP contribution < -0.4 is 5.32 Å². The predicted octanol–water partition coefficient (Wildman–Crippen LogP) is 3.75. The SMILES string of the molecule is CN(C)Cc1ccc(-c2ccccc2CNC(=O)c2ccc(S(C)(=O)=O)cc2)cc1. The zero-order chi connectivity index (χ0) is 21.7. The minimum absolute atomic E-state index is 0.196. The Morgan fingerprint density at radius 2 is 1.53 bits per heavy atom. The van der Waals surface area contributed by atoms with Crippen molar-refractivity contribution in [2.75, 3.05) is 20.4 Å². The molecule has 0 aliphatic heterocycles. The van der Waals surface area contributed by atoms with Crippen LogP contribution in [0.4, 0.5) is 0 Å². The second-order valence-corrected chi connectivity index (χ2v) is 9.59. The number of nitrogens with zero attached hydrogens (tertiary/aromatic N) is 1. The summed E-state index contributed by atoms with van der Waals surface area (Å²) in [6.07, 6.45) is 1.14. The fraction of sp³-hybridized carbons (Fsp3) is 0.208. The maximum absolute atomic E-state index is 12.5. The predicted molar refractivity (Wildman–Crippen MR) is 120 cm³/mol. The van der Waals surface area contributed by atoms with E-state index in [-0.39, 0.29) is 10.8 Å². The van der Waals surface area contributed by atoms with E-state index in [4.69, 9.17) is 0 Å². The maximum atomic E-state index is 12.5. The average Bonchev–Trinajstić information content (AvgIpc) is 2.72. The Balaban J connectivity index is 1.73. The van der Waals surface area contributed by atoms with Gasteiger partial charge in [0.25, 0.3) is 5.91 Å². The van der Waals surface area contributed by atoms with E-state index in [9.17, 15) is 13.2 Å². The van der Waals surface area contributed by atoms with E-state index in [2.05, 4.69) is 34.5 Å². The molecule has 30 heavy (non-hydrogen) atoms. The van der Waals surface area contributed by atoms with E-state index in [0.717, 1.165) is 29.5 Å². The van der Waals surface area contributed by atoms with Gasteiger partial charge >= 0.3 is 0 Å². The molecule has 0 radical (unpaired) electrons. The fourth-order valence-electron chi connectivity index (χ4n) is 3.24. The zero-order valence-electron chi connectivity index (χ0n) is 17.4. The Kier molecular flexibility index (Phi) is 6.70. The highest BCUT2D eigenvalue weighted by Crippen LogP contribution is 2.24. The van der Waals surface area contributed by atoms with Crippen LogP contribution in [0.1, 0.15) is 21.5 Å². The number of amides is 1. The molecule has 0 fully saturated rings. The molecule has 3 aromatic rings. The van der Waals surface area contributed by atoms with Crippen LogP contribution >= 0.6 is 0 Å². The van der Waals surface area contributed by atoms with Gasteiger partial charge in [-0.2, -0.15) is 0 Å². The van der Waals surface area contributed by atoms with Gasteiger partial charge in [-0.05, 0) is 60.6 Å². The lowest BCUT2D eigenvalue weighted by Gasteiger charge is -2.13. The largest absolute Gasteiger partial charge is 0.348 e. The quantitative estimate of drug-likeness (QED) is 0.630. The van der Waals surface area contributed by atoms with Crippen molar-refractivity contribution in [2.24, 2.45) is 0 Å². The smallest absolute Gasteiger partial charge is 0.251 e. The first-order valence-corrected chi connectivity index (χ1v) is 11.5. The molecule has 0 saturated heterocycles. The van der Waals surface area contributed by atoms with Gasteiger partial charge in [-0.15, -0.1) is 0 Å². The van der Waals surface area contributed by atoms with E-state index in [1.165, 1.54) is 29.8 Å². The number of hydrogen-bond donors (Lipinski definition) is 1. The summed E-state index contributed by atoms with van der Waals surface area (Å²) in [5, 5.41) is 2.93. The van der Waals surface area contributed by atoms with E-state index >= 15 is 0 Å². The van der Waals surface area contributed by atoms with E-state index in [1.807, 2.05) is 38.4 Å². The standard InChI is InChI=1S/C24H26N2O3S/c1-26(2)17-18-8-10-19(11-9-18)23-7-5-4-6-21(23)16-25-24(27)20-12-14-22(15-13-20)30(3,28)29/h4-15H,16-17H2,1-3H3,(H,25,27). The van der Waals surface area contributed by atoms with Gasteiger partial charge in [0.1, 0.15) is 0 Å². The molecule has 0 bridgehead atoms. The molecular formula is C24H26N2O3S. The second-order valence-electron chi connectivity index (χ2n) is 7.57. The van der Waals surface area contributed by atoms with E-state index < -0.39 is 9.84 Å². The Labute approximate surface area is 178 Å². The zero-order valence-corrected chi connectivity index (χ0v) is 18.2. The van der Waals surface area contributed by atoms with Gasteiger partial charge in [0.15, 0.2) is 9.84 Å². The van der Waals surface area contributed by atoms with Crippen molar-refractivity contribution in [3.05, 3.63) is 89.5 Å². The Morgan fingerprint density at radius 1 is 0.900 bits per heavy atom. The normalized spacial score (nSPS) is 11.5. The van der Waals surface area contributed by atoms with Crippen LogP contribution in [0, 0.1) is 0 Å². The van der Waals surface area contributed by atoms with Crippen molar-refractivity contribution < 1.29 is 13.2 Å². The third-order valence-corrected chi connectivity index (χ3v) is 5.89. The summed E-state index contributed by atoms with van der Waals surface area (Å²) in [4.78, 5) is 14.8. The first-order valence-electron chi connectivity index (χ1n) is 9.64. The van der Waals surface area contributed by atoms with E-state index in [0.29, 0.717) is 12.1 Å². The number of nitrogens with one attached hydrogen (secondary N) is 1. The summed E-state index contributed by atoms with van der Waals surface area (Å²) >= 11 is 0. The van der Waals surface area contributed by atoms with Gasteiger partial charge in [-0.1, -0.05) is 48.5 Å². The van der Waals surface area contributed by atoms with Crippen LogP contribution in [0.3, 0.4) is 0 Å². The minimum atomic E-state index is -3.28. The maximum Gasteiger partial charge on any atom is 0.251 e. The summed E-state index contributed by atoms with van der Waals surface area (Å²) in [6, 6.07) is 22.4. The highest BCUT2D eigenvalue weighted by Gasteiger charge is 2.11. The molecule has 0 aliphatic rings. The number of sulfone groups is 1. The second kappa shape index (κ2) is 9.24. The molecule has 156 valence electrons. The molecule has 3 aromatic carbocycles. The van der Waals surface area contributed by atoms with Crippen molar-refractivity contribution in [3.63, 3.8) is 0 Å². The summed E-state index contributed by atoms with van der Waals surface area (Å²) in [7, 11) is 0.803. The number of benzene rings is 3. The van der Waals surface area contributed by atoms with Gasteiger partial charge < -0.3 is 10.2 Å². The lowest BCUT2D eigenvalue weighted by atomic mass is 9.98. The first kappa shape index (κ1) is 21.7. The third kappa shape index (κ3) is 5.55. The molecule has 0 atom stereocenters. The van der Waals surface area contributed by atoms with Crippen LogP contribution in [0.5, 0.6) is 0 Å². The fourth-order valence-corrected chi connectivity index (χ4v) is 3.87. The summed E-state index contributed by atoms with van der Waals surface area (Å²) < 4.78 is 23.1. The minimum Gasteiger partial charge on any atom is -0.348 e. The van der Waals surface area contributed by atoms with Gasteiger partial charge in [-0.3, -0.25) is 4.79 Å². The van der Waals surface area contributed by atoms with Crippen molar-refractivity contribution >= 4 is 15.7 Å². The molecule has 1 N–H and O–H groups in total. The van der Waals surface area contributed by atoms with Gasteiger partial charge in [-0.25, -0.2) is 8.42 Å². The molecule has 1 amide bonds. The molecule has 6 heteroatoms. The highest BCUT2D eigenvalue weighted by atomic mass is 32.2. The molecule has 0 aliphatic carbocycles. The van der Waals surface area contributed by atoms with E-state index in [1.54, 1.807) is 0 Å².